The highest BCUT2D eigenvalue weighted by molar-refractivity contribution is 5.28. The third-order valence-electron chi connectivity index (χ3n) is 3.74. The molecular formula is C17H27NO2. The molecule has 1 saturated carbocycles. The summed E-state index contributed by atoms with van der Waals surface area (Å²) in [4.78, 5) is 0. The summed E-state index contributed by atoms with van der Waals surface area (Å²) in [5, 5.41) is 3.47. The summed E-state index contributed by atoms with van der Waals surface area (Å²) in [5.41, 5.74) is 1.22. The van der Waals surface area contributed by atoms with E-state index in [0.717, 1.165) is 24.8 Å². The van der Waals surface area contributed by atoms with Gasteiger partial charge < -0.3 is 14.8 Å². The molecule has 112 valence electrons. The van der Waals surface area contributed by atoms with Crippen molar-refractivity contribution in [2.24, 2.45) is 5.92 Å². The van der Waals surface area contributed by atoms with Gasteiger partial charge in [0.2, 0.25) is 0 Å². The Morgan fingerprint density at radius 2 is 1.90 bits per heavy atom. The van der Waals surface area contributed by atoms with E-state index in [-0.39, 0.29) is 6.10 Å². The molecule has 1 fully saturated rings. The lowest BCUT2D eigenvalue weighted by Gasteiger charge is -2.21. The van der Waals surface area contributed by atoms with Crippen molar-refractivity contribution >= 4 is 0 Å². The van der Waals surface area contributed by atoms with Crippen LogP contribution >= 0.6 is 0 Å². The largest absolute Gasteiger partial charge is 0.497 e. The molecule has 1 aromatic carbocycles. The summed E-state index contributed by atoms with van der Waals surface area (Å²) >= 11 is 0. The van der Waals surface area contributed by atoms with Crippen molar-refractivity contribution in [3.63, 3.8) is 0 Å². The predicted octanol–water partition coefficient (Wildman–Crippen LogP) is 3.55. The number of rotatable bonds is 9. The van der Waals surface area contributed by atoms with Gasteiger partial charge in [-0.05, 0) is 30.0 Å². The maximum absolute atomic E-state index is 6.10. The lowest BCUT2D eigenvalue weighted by atomic mass is 10.1. The minimum atomic E-state index is 0.127. The van der Waals surface area contributed by atoms with Crippen molar-refractivity contribution in [3.05, 3.63) is 29.8 Å². The Labute approximate surface area is 122 Å². The van der Waals surface area contributed by atoms with E-state index in [1.54, 1.807) is 7.11 Å². The summed E-state index contributed by atoms with van der Waals surface area (Å²) in [6, 6.07) is 8.68. The lowest BCUT2D eigenvalue weighted by molar-refractivity contribution is 0.0473. The zero-order valence-corrected chi connectivity index (χ0v) is 12.9. The highest BCUT2D eigenvalue weighted by Crippen LogP contribution is 2.32. The summed E-state index contributed by atoms with van der Waals surface area (Å²) in [6.45, 7) is 6.04. The summed E-state index contributed by atoms with van der Waals surface area (Å²) in [5.74, 6) is 1.81. The van der Waals surface area contributed by atoms with Crippen LogP contribution in [0.25, 0.3) is 0 Å². The van der Waals surface area contributed by atoms with Crippen molar-refractivity contribution < 1.29 is 9.47 Å². The molecule has 1 N–H and O–H groups in total. The molecule has 3 nitrogen and oxygen atoms in total. The van der Waals surface area contributed by atoms with Gasteiger partial charge in [-0.25, -0.2) is 0 Å². The SMILES string of the molecule is COc1ccc(C(CNC(C)C)OCCC2CC2)cc1. The third-order valence-corrected chi connectivity index (χ3v) is 3.74. The molecule has 0 aromatic heterocycles. The Morgan fingerprint density at radius 1 is 1.20 bits per heavy atom. The van der Waals surface area contributed by atoms with Crippen molar-refractivity contribution in [2.75, 3.05) is 20.3 Å². The second kappa shape index (κ2) is 7.65. The first kappa shape index (κ1) is 15.3. The van der Waals surface area contributed by atoms with Crippen LogP contribution in [-0.2, 0) is 4.74 Å². The van der Waals surface area contributed by atoms with Crippen LogP contribution in [0.15, 0.2) is 24.3 Å². The maximum Gasteiger partial charge on any atom is 0.118 e. The Morgan fingerprint density at radius 3 is 2.45 bits per heavy atom. The minimum absolute atomic E-state index is 0.127. The Balaban J connectivity index is 1.90. The van der Waals surface area contributed by atoms with E-state index in [2.05, 4.69) is 31.3 Å². The molecule has 2 rings (SSSR count). The Bertz CT molecular complexity index is 384. The normalized spacial score (nSPS) is 16.4. The molecule has 0 saturated heterocycles. The summed E-state index contributed by atoms with van der Waals surface area (Å²) < 4.78 is 11.3. The van der Waals surface area contributed by atoms with Crippen LogP contribution in [0.1, 0.15) is 44.8 Å². The first-order valence-electron chi connectivity index (χ1n) is 7.68. The predicted molar refractivity (Wildman–Crippen MR) is 82.2 cm³/mol. The van der Waals surface area contributed by atoms with Crippen LogP contribution in [0.2, 0.25) is 0 Å². The highest BCUT2D eigenvalue weighted by Gasteiger charge is 2.21. The van der Waals surface area contributed by atoms with Gasteiger partial charge in [0.15, 0.2) is 0 Å². The number of hydrogen-bond acceptors (Lipinski definition) is 3. The van der Waals surface area contributed by atoms with Gasteiger partial charge in [-0.2, -0.15) is 0 Å². The fraction of sp³-hybridized carbons (Fsp3) is 0.647. The molecule has 1 aliphatic carbocycles. The van der Waals surface area contributed by atoms with Gasteiger partial charge in [0.25, 0.3) is 0 Å². The first-order valence-corrected chi connectivity index (χ1v) is 7.68. The molecule has 0 aliphatic heterocycles. The van der Waals surface area contributed by atoms with E-state index < -0.39 is 0 Å². The minimum Gasteiger partial charge on any atom is -0.497 e. The van der Waals surface area contributed by atoms with E-state index in [4.69, 9.17) is 9.47 Å². The highest BCUT2D eigenvalue weighted by atomic mass is 16.5. The van der Waals surface area contributed by atoms with E-state index in [9.17, 15) is 0 Å². The summed E-state index contributed by atoms with van der Waals surface area (Å²) in [7, 11) is 1.69. The second-order valence-electron chi connectivity index (χ2n) is 5.93. The van der Waals surface area contributed by atoms with Gasteiger partial charge in [0.1, 0.15) is 5.75 Å². The quantitative estimate of drug-likeness (QED) is 0.749. The number of ether oxygens (including phenoxy) is 2. The van der Waals surface area contributed by atoms with E-state index in [1.165, 1.54) is 24.8 Å². The van der Waals surface area contributed by atoms with Gasteiger partial charge in [-0.15, -0.1) is 0 Å². The van der Waals surface area contributed by atoms with Crippen LogP contribution in [0.3, 0.4) is 0 Å². The molecule has 1 unspecified atom stereocenters. The van der Waals surface area contributed by atoms with Crippen LogP contribution in [0.5, 0.6) is 5.75 Å². The van der Waals surface area contributed by atoms with Crippen molar-refractivity contribution in [1.29, 1.82) is 0 Å². The molecule has 0 spiro atoms. The van der Waals surface area contributed by atoms with Crippen LogP contribution in [0, 0.1) is 5.92 Å². The molecule has 3 heteroatoms. The topological polar surface area (TPSA) is 30.5 Å². The first-order chi connectivity index (χ1) is 9.69. The smallest absolute Gasteiger partial charge is 0.118 e. The average Bonchev–Trinajstić information content (AvgIpc) is 3.27. The molecule has 0 heterocycles. The van der Waals surface area contributed by atoms with Crippen LogP contribution in [0.4, 0.5) is 0 Å². The number of benzene rings is 1. The van der Waals surface area contributed by atoms with Crippen molar-refractivity contribution in [2.45, 2.75) is 45.3 Å². The molecular weight excluding hydrogens is 250 g/mol. The second-order valence-corrected chi connectivity index (χ2v) is 5.93. The van der Waals surface area contributed by atoms with Crippen molar-refractivity contribution in [3.8, 4) is 5.75 Å². The van der Waals surface area contributed by atoms with Gasteiger partial charge in [-0.3, -0.25) is 0 Å². The average molecular weight is 277 g/mol. The van der Waals surface area contributed by atoms with Gasteiger partial charge in [0, 0.05) is 19.2 Å². The third kappa shape index (κ3) is 5.14. The Kier molecular flexibility index (Phi) is 5.86. The molecule has 1 aliphatic rings. The zero-order valence-electron chi connectivity index (χ0n) is 12.9. The molecule has 1 aromatic rings. The van der Waals surface area contributed by atoms with Crippen LogP contribution < -0.4 is 10.1 Å². The lowest BCUT2D eigenvalue weighted by Crippen LogP contribution is -2.29. The molecule has 1 atom stereocenters. The molecule has 0 bridgehead atoms. The zero-order chi connectivity index (χ0) is 14.4. The van der Waals surface area contributed by atoms with Gasteiger partial charge >= 0.3 is 0 Å². The molecule has 20 heavy (non-hydrogen) atoms. The Hall–Kier alpha value is -1.06. The number of nitrogens with one attached hydrogen (secondary N) is 1. The van der Waals surface area contributed by atoms with E-state index >= 15 is 0 Å². The van der Waals surface area contributed by atoms with Gasteiger partial charge in [-0.1, -0.05) is 38.8 Å². The van der Waals surface area contributed by atoms with Gasteiger partial charge in [0.05, 0.1) is 13.2 Å². The maximum atomic E-state index is 6.10. The van der Waals surface area contributed by atoms with E-state index in [0.29, 0.717) is 6.04 Å². The fourth-order valence-electron chi connectivity index (χ4n) is 2.22. The van der Waals surface area contributed by atoms with Crippen LogP contribution in [-0.4, -0.2) is 26.3 Å². The monoisotopic (exact) mass is 277 g/mol. The summed E-state index contributed by atoms with van der Waals surface area (Å²) in [6.07, 6.45) is 4.11. The van der Waals surface area contributed by atoms with E-state index in [1.807, 2.05) is 12.1 Å². The molecule has 0 amide bonds. The standard InChI is InChI=1S/C17H27NO2/c1-13(2)18-12-17(20-11-10-14-4-5-14)15-6-8-16(19-3)9-7-15/h6-9,13-14,17-18H,4-5,10-12H2,1-3H3. The molecule has 0 radical (unpaired) electrons. The number of hydrogen-bond donors (Lipinski definition) is 1. The number of methoxy groups -OCH3 is 1. The fourth-order valence-corrected chi connectivity index (χ4v) is 2.22. The van der Waals surface area contributed by atoms with Crippen molar-refractivity contribution in [1.82, 2.24) is 5.32 Å².